The molecule has 2 aromatic rings. The monoisotopic (exact) mass is 455 g/mol. The quantitative estimate of drug-likeness (QED) is 0.335. The van der Waals surface area contributed by atoms with Crippen LogP contribution in [0, 0.1) is 0 Å². The van der Waals surface area contributed by atoms with Crippen molar-refractivity contribution in [3.63, 3.8) is 0 Å². The molecule has 1 amide bonds. The minimum Gasteiger partial charge on any atom is -0.463 e. The zero-order valence-corrected chi connectivity index (χ0v) is 19.1. The van der Waals surface area contributed by atoms with Crippen molar-refractivity contribution in [1.82, 2.24) is 4.90 Å². The van der Waals surface area contributed by atoms with Crippen molar-refractivity contribution in [1.29, 1.82) is 0 Å². The molecular weight excluding hydrogens is 430 g/mol. The molecule has 2 aromatic carbocycles. The standard InChI is InChI=1S/C25H26ClNO3S/c1-3-30-24(28)17-23(31-18(2)19-9-5-4-6-10-19)27(22-11-7-8-12-22)25(29)20-13-15-21(26)16-14-20/h4-6,9-10,13-17,22H,2-3,7-8,11-12H2,1H3/b23-17+. The van der Waals surface area contributed by atoms with Crippen molar-refractivity contribution in [3.8, 4) is 0 Å². The Kier molecular flexibility index (Phi) is 8.38. The van der Waals surface area contributed by atoms with Gasteiger partial charge in [-0.3, -0.25) is 9.69 Å². The summed E-state index contributed by atoms with van der Waals surface area (Å²) in [6, 6.07) is 16.6. The van der Waals surface area contributed by atoms with E-state index in [2.05, 4.69) is 6.58 Å². The number of hydrogen-bond acceptors (Lipinski definition) is 4. The summed E-state index contributed by atoms with van der Waals surface area (Å²) in [5, 5.41) is 1.09. The first-order valence-electron chi connectivity index (χ1n) is 10.4. The van der Waals surface area contributed by atoms with Gasteiger partial charge in [0.1, 0.15) is 0 Å². The van der Waals surface area contributed by atoms with Gasteiger partial charge in [-0.25, -0.2) is 4.79 Å². The van der Waals surface area contributed by atoms with Crippen LogP contribution in [0.2, 0.25) is 5.02 Å². The molecule has 6 heteroatoms. The maximum atomic E-state index is 13.6. The second-order valence-electron chi connectivity index (χ2n) is 7.25. The van der Waals surface area contributed by atoms with Crippen LogP contribution in [0.3, 0.4) is 0 Å². The Bertz CT molecular complexity index is 950. The molecule has 0 spiro atoms. The average Bonchev–Trinajstić information content (AvgIpc) is 3.29. The Morgan fingerprint density at radius 1 is 1.10 bits per heavy atom. The summed E-state index contributed by atoms with van der Waals surface area (Å²) in [6.07, 6.45) is 5.28. The summed E-state index contributed by atoms with van der Waals surface area (Å²) in [6.45, 7) is 6.21. The highest BCUT2D eigenvalue weighted by molar-refractivity contribution is 8.11. The zero-order chi connectivity index (χ0) is 22.2. The maximum absolute atomic E-state index is 13.6. The van der Waals surface area contributed by atoms with Gasteiger partial charge in [-0.05, 0) is 49.6 Å². The molecular formula is C25H26ClNO3S. The molecule has 0 N–H and O–H groups in total. The van der Waals surface area contributed by atoms with E-state index in [0.717, 1.165) is 36.2 Å². The second kappa shape index (κ2) is 11.2. The van der Waals surface area contributed by atoms with Gasteiger partial charge in [0.15, 0.2) is 0 Å². The predicted octanol–water partition coefficient (Wildman–Crippen LogP) is 6.53. The van der Waals surface area contributed by atoms with Gasteiger partial charge in [0.05, 0.1) is 17.7 Å². The molecule has 31 heavy (non-hydrogen) atoms. The number of nitrogens with zero attached hydrogens (tertiary/aromatic N) is 1. The smallest absolute Gasteiger partial charge is 0.333 e. The number of thioether (sulfide) groups is 1. The summed E-state index contributed by atoms with van der Waals surface area (Å²) in [7, 11) is 0. The number of carbonyl (C=O) groups excluding carboxylic acids is 2. The van der Waals surface area contributed by atoms with Crippen molar-refractivity contribution in [2.75, 3.05) is 6.61 Å². The van der Waals surface area contributed by atoms with Crippen LogP contribution in [-0.4, -0.2) is 29.4 Å². The number of halogens is 1. The molecule has 0 saturated heterocycles. The zero-order valence-electron chi connectivity index (χ0n) is 17.6. The van der Waals surface area contributed by atoms with Crippen LogP contribution in [0.5, 0.6) is 0 Å². The van der Waals surface area contributed by atoms with Gasteiger partial charge in [0, 0.05) is 21.5 Å². The van der Waals surface area contributed by atoms with E-state index >= 15 is 0 Å². The molecule has 0 bridgehead atoms. The number of hydrogen-bond donors (Lipinski definition) is 0. The van der Waals surface area contributed by atoms with Crippen LogP contribution in [0.4, 0.5) is 0 Å². The van der Waals surface area contributed by atoms with Gasteiger partial charge in [0.2, 0.25) is 0 Å². The molecule has 1 aliphatic carbocycles. The van der Waals surface area contributed by atoms with Crippen molar-refractivity contribution in [2.45, 2.75) is 38.6 Å². The summed E-state index contributed by atoms with van der Waals surface area (Å²) in [5.74, 6) is -0.634. The van der Waals surface area contributed by atoms with Crippen molar-refractivity contribution >= 4 is 40.1 Å². The van der Waals surface area contributed by atoms with E-state index in [1.807, 2.05) is 30.3 Å². The highest BCUT2D eigenvalue weighted by atomic mass is 35.5. The topological polar surface area (TPSA) is 46.6 Å². The fourth-order valence-corrected chi connectivity index (χ4v) is 4.70. The molecule has 162 valence electrons. The van der Waals surface area contributed by atoms with Gasteiger partial charge in [0.25, 0.3) is 5.91 Å². The third kappa shape index (κ3) is 6.25. The molecule has 0 heterocycles. The van der Waals surface area contributed by atoms with Crippen molar-refractivity contribution in [3.05, 3.63) is 88.4 Å². The largest absolute Gasteiger partial charge is 0.463 e. The van der Waals surface area contributed by atoms with E-state index in [-0.39, 0.29) is 18.6 Å². The molecule has 4 nitrogen and oxygen atoms in total. The normalized spacial score (nSPS) is 14.3. The maximum Gasteiger partial charge on any atom is 0.333 e. The molecule has 0 aromatic heterocycles. The minimum absolute atomic E-state index is 0.0138. The highest BCUT2D eigenvalue weighted by Gasteiger charge is 2.31. The third-order valence-electron chi connectivity index (χ3n) is 5.09. The third-order valence-corrected chi connectivity index (χ3v) is 6.35. The lowest BCUT2D eigenvalue weighted by atomic mass is 10.1. The number of esters is 1. The van der Waals surface area contributed by atoms with E-state index in [1.165, 1.54) is 17.8 Å². The summed E-state index contributed by atoms with van der Waals surface area (Å²) >= 11 is 7.33. The summed E-state index contributed by atoms with van der Waals surface area (Å²) in [5.41, 5.74) is 1.46. The lowest BCUT2D eigenvalue weighted by Crippen LogP contribution is -2.37. The Hall–Kier alpha value is -2.50. The Labute approximate surface area is 192 Å². The minimum atomic E-state index is -0.474. The Balaban J connectivity index is 1.99. The van der Waals surface area contributed by atoms with Crippen LogP contribution in [0.1, 0.15) is 48.5 Å². The first kappa shape index (κ1) is 23.2. The molecule has 0 atom stereocenters. The van der Waals surface area contributed by atoms with E-state index < -0.39 is 5.97 Å². The highest BCUT2D eigenvalue weighted by Crippen LogP contribution is 2.38. The Morgan fingerprint density at radius 2 is 1.74 bits per heavy atom. The fourth-order valence-electron chi connectivity index (χ4n) is 3.58. The summed E-state index contributed by atoms with van der Waals surface area (Å²) in [4.78, 5) is 28.5. The van der Waals surface area contributed by atoms with Gasteiger partial charge >= 0.3 is 5.97 Å². The first-order chi connectivity index (χ1) is 15.0. The van der Waals surface area contributed by atoms with Crippen LogP contribution in [-0.2, 0) is 9.53 Å². The Morgan fingerprint density at radius 3 is 2.35 bits per heavy atom. The molecule has 1 aliphatic rings. The van der Waals surface area contributed by atoms with Gasteiger partial charge in [-0.2, -0.15) is 0 Å². The number of ether oxygens (including phenoxy) is 1. The van der Waals surface area contributed by atoms with Crippen molar-refractivity contribution < 1.29 is 14.3 Å². The molecule has 1 fully saturated rings. The van der Waals surface area contributed by atoms with Crippen molar-refractivity contribution in [2.24, 2.45) is 0 Å². The van der Waals surface area contributed by atoms with E-state index in [1.54, 1.807) is 36.1 Å². The number of benzene rings is 2. The van der Waals surface area contributed by atoms with Gasteiger partial charge in [-0.1, -0.05) is 73.1 Å². The van der Waals surface area contributed by atoms with E-state index in [0.29, 0.717) is 15.6 Å². The van der Waals surface area contributed by atoms with Crippen LogP contribution < -0.4 is 0 Å². The molecule has 0 unspecified atom stereocenters. The van der Waals surface area contributed by atoms with Gasteiger partial charge < -0.3 is 4.74 Å². The van der Waals surface area contributed by atoms with Crippen LogP contribution in [0.15, 0.2) is 72.3 Å². The van der Waals surface area contributed by atoms with E-state index in [9.17, 15) is 9.59 Å². The van der Waals surface area contributed by atoms with Crippen LogP contribution >= 0.6 is 23.4 Å². The predicted molar refractivity (Wildman–Crippen MR) is 128 cm³/mol. The molecule has 0 aliphatic heterocycles. The lowest BCUT2D eigenvalue weighted by molar-refractivity contribution is -0.137. The molecule has 3 rings (SSSR count). The summed E-state index contributed by atoms with van der Waals surface area (Å²) < 4.78 is 5.16. The number of amides is 1. The number of rotatable bonds is 8. The molecule has 0 radical (unpaired) electrons. The average molecular weight is 456 g/mol. The van der Waals surface area contributed by atoms with E-state index in [4.69, 9.17) is 16.3 Å². The second-order valence-corrected chi connectivity index (χ2v) is 8.80. The molecule has 1 saturated carbocycles. The number of carbonyl (C=O) groups is 2. The van der Waals surface area contributed by atoms with Crippen LogP contribution in [0.25, 0.3) is 4.91 Å². The fraction of sp³-hybridized carbons (Fsp3) is 0.280. The SMILES string of the molecule is C=C(S/C(=C/C(=O)OCC)N(C(=O)c1ccc(Cl)cc1)C1CCCC1)c1ccccc1. The van der Waals surface area contributed by atoms with Gasteiger partial charge in [-0.15, -0.1) is 0 Å². The first-order valence-corrected chi connectivity index (χ1v) is 11.6. The lowest BCUT2D eigenvalue weighted by Gasteiger charge is -2.31.